The summed E-state index contributed by atoms with van der Waals surface area (Å²) in [6, 6.07) is 3.43. The molecule has 3 rings (SSSR count). The first kappa shape index (κ1) is 25.7. The first-order valence-corrected chi connectivity index (χ1v) is 12.2. The summed E-state index contributed by atoms with van der Waals surface area (Å²) in [7, 11) is 0. The Morgan fingerprint density at radius 3 is 2.03 bits per heavy atom. The van der Waals surface area contributed by atoms with Gasteiger partial charge < -0.3 is 15.3 Å². The number of hydrogen-bond donors (Lipinski definition) is 2. The molecule has 182 valence electrons. The number of phenols is 1. The second-order valence-electron chi connectivity index (χ2n) is 10.7. The zero-order valence-corrected chi connectivity index (χ0v) is 21.1. The van der Waals surface area contributed by atoms with E-state index < -0.39 is 33.3 Å². The number of anilines is 1. The maximum atomic E-state index is 15.2. The van der Waals surface area contributed by atoms with Crippen molar-refractivity contribution in [3.8, 4) is 5.75 Å². The molecule has 8 heteroatoms. The monoisotopic (exact) mass is 481 g/mol. The number of pyridine rings is 1. The van der Waals surface area contributed by atoms with Gasteiger partial charge in [0, 0.05) is 29.1 Å². The van der Waals surface area contributed by atoms with E-state index in [1.807, 2.05) is 41.5 Å². The minimum absolute atomic E-state index is 0.172. The number of phenolic OH excluding ortho intramolecular Hbond substituents is 1. The number of nitrogens with one attached hydrogen (secondary N) is 1. The van der Waals surface area contributed by atoms with E-state index >= 15 is 4.39 Å². The molecule has 0 spiro atoms. The zero-order valence-electron chi connectivity index (χ0n) is 20.3. The van der Waals surface area contributed by atoms with Crippen LogP contribution in [-0.2, 0) is 10.8 Å². The van der Waals surface area contributed by atoms with E-state index in [4.69, 9.17) is 0 Å². The molecule has 1 saturated heterocycles. The minimum atomic E-state index is -1.34. The van der Waals surface area contributed by atoms with Crippen LogP contribution in [0.2, 0.25) is 0 Å². The molecule has 1 aromatic heterocycles. The molecular formula is C25H34F3N3OS. The van der Waals surface area contributed by atoms with Crippen LogP contribution in [0.25, 0.3) is 0 Å². The van der Waals surface area contributed by atoms with Gasteiger partial charge in [-0.25, -0.2) is 8.78 Å². The fourth-order valence-electron chi connectivity index (χ4n) is 3.97. The zero-order chi connectivity index (χ0) is 24.6. The quantitative estimate of drug-likeness (QED) is 0.464. The van der Waals surface area contributed by atoms with E-state index in [0.717, 1.165) is 37.7 Å². The summed E-state index contributed by atoms with van der Waals surface area (Å²) in [6.07, 6.45) is 2.27. The van der Waals surface area contributed by atoms with Crippen molar-refractivity contribution in [2.45, 2.75) is 75.0 Å². The molecule has 2 aromatic rings. The summed E-state index contributed by atoms with van der Waals surface area (Å²) in [5, 5.41) is 13.7. The average Bonchev–Trinajstić information content (AvgIpc) is 3.22. The van der Waals surface area contributed by atoms with Crippen LogP contribution in [-0.4, -0.2) is 41.2 Å². The number of nitrogens with zero attached hydrogens (tertiary/aromatic N) is 2. The smallest absolute Gasteiger partial charge is 0.252 e. The SMILES string of the molecule is CC(C)(C)c1cc(Sc2c(F)c(F)nc(NCCN3CCCC3)c2F)cc(C(C)(C)C)c1O. The van der Waals surface area contributed by atoms with E-state index in [1.54, 1.807) is 12.1 Å². The highest BCUT2D eigenvalue weighted by atomic mass is 32.2. The number of aromatic hydroxyl groups is 1. The molecule has 0 bridgehead atoms. The van der Waals surface area contributed by atoms with Gasteiger partial charge in [-0.05, 0) is 48.9 Å². The van der Waals surface area contributed by atoms with Gasteiger partial charge in [0.25, 0.3) is 5.95 Å². The number of halogens is 3. The number of benzene rings is 1. The Hall–Kier alpha value is -1.93. The third kappa shape index (κ3) is 5.96. The summed E-state index contributed by atoms with van der Waals surface area (Å²) in [5.74, 6) is -3.69. The van der Waals surface area contributed by atoms with Crippen molar-refractivity contribution in [3.63, 3.8) is 0 Å². The Morgan fingerprint density at radius 2 is 1.52 bits per heavy atom. The Balaban J connectivity index is 1.95. The second-order valence-corrected chi connectivity index (χ2v) is 11.7. The van der Waals surface area contributed by atoms with Crippen LogP contribution < -0.4 is 5.32 Å². The van der Waals surface area contributed by atoms with Crippen LogP contribution in [0.5, 0.6) is 5.75 Å². The van der Waals surface area contributed by atoms with Crippen molar-refractivity contribution >= 4 is 17.6 Å². The Morgan fingerprint density at radius 1 is 0.970 bits per heavy atom. The van der Waals surface area contributed by atoms with Crippen molar-refractivity contribution in [1.29, 1.82) is 0 Å². The minimum Gasteiger partial charge on any atom is -0.507 e. The lowest BCUT2D eigenvalue weighted by molar-refractivity contribution is 0.352. The van der Waals surface area contributed by atoms with Gasteiger partial charge in [0.1, 0.15) is 5.75 Å². The largest absolute Gasteiger partial charge is 0.507 e. The molecule has 0 radical (unpaired) electrons. The first-order valence-electron chi connectivity index (χ1n) is 11.4. The molecule has 0 unspecified atom stereocenters. The molecule has 4 nitrogen and oxygen atoms in total. The van der Waals surface area contributed by atoms with Gasteiger partial charge in [-0.3, -0.25) is 0 Å². The third-order valence-electron chi connectivity index (χ3n) is 5.84. The normalized spacial score (nSPS) is 15.3. The summed E-state index contributed by atoms with van der Waals surface area (Å²) < 4.78 is 44.2. The molecule has 1 aromatic carbocycles. The fourth-order valence-corrected chi connectivity index (χ4v) is 4.92. The van der Waals surface area contributed by atoms with E-state index in [0.29, 0.717) is 29.1 Å². The van der Waals surface area contributed by atoms with Gasteiger partial charge in [0.2, 0.25) is 0 Å². The van der Waals surface area contributed by atoms with Crippen molar-refractivity contribution in [2.75, 3.05) is 31.5 Å². The summed E-state index contributed by atoms with van der Waals surface area (Å²) in [4.78, 5) is 5.78. The predicted molar refractivity (Wildman–Crippen MR) is 128 cm³/mol. The molecule has 33 heavy (non-hydrogen) atoms. The predicted octanol–water partition coefficient (Wildman–Crippen LogP) is 6.46. The fraction of sp³-hybridized carbons (Fsp3) is 0.560. The van der Waals surface area contributed by atoms with Crippen LogP contribution in [0.3, 0.4) is 0 Å². The van der Waals surface area contributed by atoms with Crippen LogP contribution in [0, 0.1) is 17.6 Å². The van der Waals surface area contributed by atoms with E-state index in [-0.39, 0.29) is 11.6 Å². The molecule has 1 aliphatic heterocycles. The number of hydrogen-bond acceptors (Lipinski definition) is 5. The van der Waals surface area contributed by atoms with Crippen LogP contribution >= 0.6 is 11.8 Å². The molecule has 0 atom stereocenters. The molecule has 0 amide bonds. The topological polar surface area (TPSA) is 48.4 Å². The lowest BCUT2D eigenvalue weighted by atomic mass is 9.79. The summed E-state index contributed by atoms with van der Waals surface area (Å²) in [5.41, 5.74) is 0.529. The van der Waals surface area contributed by atoms with Gasteiger partial charge in [-0.15, -0.1) is 0 Å². The second kappa shape index (κ2) is 9.74. The van der Waals surface area contributed by atoms with E-state index in [2.05, 4.69) is 15.2 Å². The van der Waals surface area contributed by atoms with E-state index in [9.17, 15) is 13.9 Å². The Bertz CT molecular complexity index is 974. The molecule has 0 saturated carbocycles. The highest BCUT2D eigenvalue weighted by Gasteiger charge is 2.28. The van der Waals surface area contributed by atoms with Gasteiger partial charge in [-0.1, -0.05) is 53.3 Å². The number of aromatic nitrogens is 1. The molecule has 1 fully saturated rings. The van der Waals surface area contributed by atoms with Crippen molar-refractivity contribution in [2.24, 2.45) is 0 Å². The molecule has 0 aliphatic carbocycles. The highest BCUT2D eigenvalue weighted by Crippen LogP contribution is 2.44. The molecule has 2 N–H and O–H groups in total. The average molecular weight is 482 g/mol. The lowest BCUT2D eigenvalue weighted by Crippen LogP contribution is -2.26. The lowest BCUT2D eigenvalue weighted by Gasteiger charge is -2.28. The number of likely N-dealkylation sites (tertiary alicyclic amines) is 1. The van der Waals surface area contributed by atoms with Crippen molar-refractivity contribution in [3.05, 3.63) is 40.8 Å². The van der Waals surface area contributed by atoms with Gasteiger partial charge in [0.15, 0.2) is 17.5 Å². The highest BCUT2D eigenvalue weighted by molar-refractivity contribution is 7.99. The summed E-state index contributed by atoms with van der Waals surface area (Å²) >= 11 is 0.806. The van der Waals surface area contributed by atoms with Crippen molar-refractivity contribution < 1.29 is 18.3 Å². The van der Waals surface area contributed by atoms with Gasteiger partial charge in [0.05, 0.1) is 4.90 Å². The van der Waals surface area contributed by atoms with Crippen molar-refractivity contribution in [1.82, 2.24) is 9.88 Å². The van der Waals surface area contributed by atoms with E-state index in [1.165, 1.54) is 0 Å². The Labute approximate surface area is 199 Å². The maximum absolute atomic E-state index is 15.2. The summed E-state index contributed by atoms with van der Waals surface area (Å²) in [6.45, 7) is 14.8. The molecule has 1 aliphatic rings. The van der Waals surface area contributed by atoms with Gasteiger partial charge >= 0.3 is 0 Å². The van der Waals surface area contributed by atoms with Gasteiger partial charge in [-0.2, -0.15) is 9.37 Å². The third-order valence-corrected chi connectivity index (χ3v) is 6.87. The van der Waals surface area contributed by atoms with Crippen LogP contribution in [0.15, 0.2) is 21.9 Å². The van der Waals surface area contributed by atoms with Crippen LogP contribution in [0.1, 0.15) is 65.5 Å². The molecule has 2 heterocycles. The molecular weight excluding hydrogens is 447 g/mol. The standard InChI is InChI=1S/C25H34F3N3OS/c1-24(2,3)16-13-15(14-17(20(16)32)25(4,5)6)33-21-18(26)22(28)30-23(19(21)27)29-9-12-31-10-7-8-11-31/h13-14,32H,7-12H2,1-6H3,(H,29,30). The first-order chi connectivity index (χ1) is 15.3. The van der Waals surface area contributed by atoms with Crippen LogP contribution in [0.4, 0.5) is 19.0 Å². The Kier molecular flexibility index (Phi) is 7.58. The number of rotatable bonds is 6. The maximum Gasteiger partial charge on any atom is 0.252 e.